The summed E-state index contributed by atoms with van der Waals surface area (Å²) in [6, 6.07) is 6.85. The molecule has 1 aliphatic carbocycles. The van der Waals surface area contributed by atoms with E-state index in [0.717, 1.165) is 49.9 Å². The smallest absolute Gasteiger partial charge is 0.317 e. The molecule has 144 valence electrons. The first-order valence-electron chi connectivity index (χ1n) is 10.3. The van der Waals surface area contributed by atoms with Crippen LogP contribution in [0.2, 0.25) is 0 Å². The van der Waals surface area contributed by atoms with Crippen LogP contribution in [0.25, 0.3) is 10.9 Å². The molecule has 1 spiro atoms. The Kier molecular flexibility index (Phi) is 4.31. The number of H-pyrrole nitrogens is 1. The first kappa shape index (κ1) is 17.0. The zero-order chi connectivity index (χ0) is 18.3. The highest BCUT2D eigenvalue weighted by Gasteiger charge is 2.59. The van der Waals surface area contributed by atoms with Crippen LogP contribution in [0.4, 0.5) is 4.79 Å². The number of hydrogen-bond acceptors (Lipinski definition) is 3. The molecule has 0 bridgehead atoms. The van der Waals surface area contributed by atoms with E-state index in [1.807, 2.05) is 6.20 Å². The third-order valence-electron chi connectivity index (χ3n) is 6.97. The molecule has 1 aromatic carbocycles. The molecule has 2 aliphatic heterocycles. The number of ether oxygens (including phenoxy) is 1. The number of hydrogen-bond donors (Lipinski definition) is 2. The quantitative estimate of drug-likeness (QED) is 0.871. The molecule has 1 atom stereocenters. The largest absolute Gasteiger partial charge is 0.381 e. The van der Waals surface area contributed by atoms with Gasteiger partial charge in [-0.1, -0.05) is 18.6 Å². The van der Waals surface area contributed by atoms with Gasteiger partial charge >= 0.3 is 6.03 Å². The van der Waals surface area contributed by atoms with Gasteiger partial charge in [0.1, 0.15) is 0 Å². The Balaban J connectivity index is 1.18. The molecule has 27 heavy (non-hydrogen) atoms. The molecule has 2 aromatic rings. The van der Waals surface area contributed by atoms with Gasteiger partial charge in [-0.3, -0.25) is 5.10 Å². The van der Waals surface area contributed by atoms with Gasteiger partial charge in [-0.15, -0.1) is 0 Å². The third kappa shape index (κ3) is 3.00. The second kappa shape index (κ2) is 6.82. The zero-order valence-electron chi connectivity index (χ0n) is 15.7. The average Bonchev–Trinajstić information content (AvgIpc) is 3.08. The van der Waals surface area contributed by atoms with E-state index < -0.39 is 0 Å². The number of amides is 2. The minimum Gasteiger partial charge on any atom is -0.381 e. The highest BCUT2D eigenvalue weighted by atomic mass is 16.5. The lowest BCUT2D eigenvalue weighted by molar-refractivity contribution is -0.137. The second-order valence-electron chi connectivity index (χ2n) is 8.51. The number of aromatic nitrogens is 2. The topological polar surface area (TPSA) is 70.2 Å². The van der Waals surface area contributed by atoms with Crippen LogP contribution in [0.5, 0.6) is 0 Å². The van der Waals surface area contributed by atoms with E-state index in [9.17, 15) is 4.79 Å². The summed E-state index contributed by atoms with van der Waals surface area (Å²) in [5.41, 5.74) is 2.69. The minimum atomic E-state index is 0.117. The number of rotatable bonds is 4. The molecule has 2 saturated heterocycles. The van der Waals surface area contributed by atoms with Crippen molar-refractivity contribution >= 4 is 16.9 Å². The molecule has 1 aromatic heterocycles. The van der Waals surface area contributed by atoms with Crippen LogP contribution in [0.3, 0.4) is 0 Å². The van der Waals surface area contributed by atoms with Crippen LogP contribution >= 0.6 is 0 Å². The highest BCUT2D eigenvalue weighted by Crippen LogP contribution is 2.56. The van der Waals surface area contributed by atoms with E-state index in [0.29, 0.717) is 23.9 Å². The number of likely N-dealkylation sites (tertiary alicyclic amines) is 1. The predicted molar refractivity (Wildman–Crippen MR) is 104 cm³/mol. The Hall–Kier alpha value is -2.08. The fraction of sp³-hybridized carbons (Fsp3) is 0.619. The molecule has 0 radical (unpaired) electrons. The normalized spacial score (nSPS) is 24.6. The molecule has 2 amide bonds. The number of nitrogens with one attached hydrogen (secondary N) is 2. The molecular weight excluding hydrogens is 340 g/mol. The van der Waals surface area contributed by atoms with Crippen molar-refractivity contribution in [2.24, 2.45) is 11.3 Å². The van der Waals surface area contributed by atoms with Gasteiger partial charge in [-0.2, -0.15) is 5.10 Å². The number of carbonyl (C=O) groups is 1. The average molecular weight is 368 g/mol. The lowest BCUT2D eigenvalue weighted by Crippen LogP contribution is -2.72. The van der Waals surface area contributed by atoms with Crippen molar-refractivity contribution in [3.05, 3.63) is 30.0 Å². The van der Waals surface area contributed by atoms with Gasteiger partial charge in [0, 0.05) is 43.1 Å². The van der Waals surface area contributed by atoms with Gasteiger partial charge in [-0.05, 0) is 49.7 Å². The van der Waals surface area contributed by atoms with Gasteiger partial charge in [0.05, 0.1) is 11.7 Å². The van der Waals surface area contributed by atoms with Gasteiger partial charge < -0.3 is 15.0 Å². The summed E-state index contributed by atoms with van der Waals surface area (Å²) < 4.78 is 5.55. The number of aromatic amines is 1. The zero-order valence-corrected chi connectivity index (χ0v) is 15.7. The van der Waals surface area contributed by atoms with Crippen LogP contribution in [0.1, 0.15) is 37.7 Å². The van der Waals surface area contributed by atoms with Crippen molar-refractivity contribution in [3.63, 3.8) is 0 Å². The Labute approximate surface area is 159 Å². The minimum absolute atomic E-state index is 0.117. The molecule has 1 unspecified atom stereocenters. The van der Waals surface area contributed by atoms with Crippen molar-refractivity contribution in [3.8, 4) is 0 Å². The van der Waals surface area contributed by atoms with Crippen molar-refractivity contribution in [2.45, 2.75) is 44.6 Å². The van der Waals surface area contributed by atoms with E-state index in [-0.39, 0.29) is 6.03 Å². The first-order valence-corrected chi connectivity index (χ1v) is 10.3. The van der Waals surface area contributed by atoms with Gasteiger partial charge in [0.2, 0.25) is 0 Å². The predicted octanol–water partition coefficient (Wildman–Crippen LogP) is 3.10. The Bertz CT molecular complexity index is 822. The van der Waals surface area contributed by atoms with Crippen LogP contribution in [-0.2, 0) is 11.2 Å². The molecule has 6 nitrogen and oxygen atoms in total. The Morgan fingerprint density at radius 1 is 1.33 bits per heavy atom. The summed E-state index contributed by atoms with van der Waals surface area (Å²) in [6.45, 7) is 3.31. The summed E-state index contributed by atoms with van der Waals surface area (Å²) in [4.78, 5) is 15.0. The first-order chi connectivity index (χ1) is 13.3. The van der Waals surface area contributed by atoms with Crippen molar-refractivity contribution in [1.29, 1.82) is 0 Å². The third-order valence-corrected chi connectivity index (χ3v) is 6.97. The fourth-order valence-corrected chi connectivity index (χ4v) is 5.37. The maximum atomic E-state index is 12.8. The molecule has 2 N–H and O–H groups in total. The van der Waals surface area contributed by atoms with Crippen LogP contribution < -0.4 is 5.32 Å². The molecule has 3 heterocycles. The van der Waals surface area contributed by atoms with Crippen molar-refractivity contribution < 1.29 is 9.53 Å². The second-order valence-corrected chi connectivity index (χ2v) is 8.51. The van der Waals surface area contributed by atoms with Crippen molar-refractivity contribution in [2.75, 3.05) is 26.3 Å². The SMILES string of the molecule is O=C(NCCc1ccc2cn[nH]c2c1)N1CC2(CCC2)C1C1CCOCC1. The summed E-state index contributed by atoms with van der Waals surface area (Å²) in [6.07, 6.45) is 8.77. The number of benzene rings is 1. The van der Waals surface area contributed by atoms with E-state index in [1.165, 1.54) is 24.8 Å². The lowest BCUT2D eigenvalue weighted by Gasteiger charge is -2.64. The van der Waals surface area contributed by atoms with Crippen molar-refractivity contribution in [1.82, 2.24) is 20.4 Å². The highest BCUT2D eigenvalue weighted by molar-refractivity contribution is 5.78. The molecule has 3 aliphatic rings. The van der Waals surface area contributed by atoms with Crippen LogP contribution in [0.15, 0.2) is 24.4 Å². The summed E-state index contributed by atoms with van der Waals surface area (Å²) >= 11 is 0. The van der Waals surface area contributed by atoms with E-state index in [2.05, 4.69) is 38.6 Å². The Morgan fingerprint density at radius 2 is 2.19 bits per heavy atom. The summed E-state index contributed by atoms with van der Waals surface area (Å²) in [7, 11) is 0. The van der Waals surface area contributed by atoms with Crippen LogP contribution in [0, 0.1) is 11.3 Å². The van der Waals surface area contributed by atoms with Gasteiger partial charge in [0.25, 0.3) is 0 Å². The van der Waals surface area contributed by atoms with E-state index >= 15 is 0 Å². The van der Waals surface area contributed by atoms with Gasteiger partial charge in [0.15, 0.2) is 0 Å². The summed E-state index contributed by atoms with van der Waals surface area (Å²) in [5, 5.41) is 11.3. The summed E-state index contributed by atoms with van der Waals surface area (Å²) in [5.74, 6) is 0.612. The number of nitrogens with zero attached hydrogens (tertiary/aromatic N) is 2. The monoisotopic (exact) mass is 368 g/mol. The fourth-order valence-electron chi connectivity index (χ4n) is 5.37. The number of carbonyl (C=O) groups excluding carboxylic acids is 1. The van der Waals surface area contributed by atoms with E-state index in [1.54, 1.807) is 0 Å². The lowest BCUT2D eigenvalue weighted by atomic mass is 9.54. The molecular formula is C21H28N4O2. The standard InChI is InChI=1S/C21H28N4O2/c26-20(22-9-4-15-2-3-17-13-23-24-18(17)12-15)25-14-21(7-1-8-21)19(25)16-5-10-27-11-6-16/h2-3,12-13,16,19H,1,4-11,14H2,(H,22,26)(H,23,24). The maximum Gasteiger partial charge on any atom is 0.317 e. The molecule has 1 saturated carbocycles. The van der Waals surface area contributed by atoms with E-state index in [4.69, 9.17) is 4.74 Å². The maximum absolute atomic E-state index is 12.8. The van der Waals surface area contributed by atoms with Crippen LogP contribution in [-0.4, -0.2) is 53.5 Å². The number of fused-ring (bicyclic) bond motifs is 1. The van der Waals surface area contributed by atoms with Gasteiger partial charge in [-0.25, -0.2) is 4.79 Å². The molecule has 3 fully saturated rings. The molecule has 6 heteroatoms. The Morgan fingerprint density at radius 3 is 2.96 bits per heavy atom. The molecule has 5 rings (SSSR count). The number of urea groups is 1.